The smallest absolute Gasteiger partial charge is 0.399 e. The van der Waals surface area contributed by atoms with Crippen LogP contribution in [-0.2, 0) is 9.31 Å². The van der Waals surface area contributed by atoms with E-state index >= 15 is 0 Å². The number of fused-ring (bicyclic) bond motifs is 6. The highest BCUT2D eigenvalue weighted by atomic mass is 16.7. The minimum Gasteiger partial charge on any atom is -0.399 e. The van der Waals surface area contributed by atoms with Crippen LogP contribution in [0.3, 0.4) is 0 Å². The van der Waals surface area contributed by atoms with Crippen LogP contribution in [0.2, 0.25) is 0 Å². The van der Waals surface area contributed by atoms with Crippen molar-refractivity contribution >= 4 is 56.1 Å². The highest BCUT2D eigenvalue weighted by molar-refractivity contribution is 6.62. The van der Waals surface area contributed by atoms with Crippen molar-refractivity contribution in [2.45, 2.75) is 38.9 Å². The molecule has 2 aromatic heterocycles. The molecule has 4 nitrogen and oxygen atoms in total. The Morgan fingerprint density at radius 1 is 0.542 bits per heavy atom. The molecular formula is C43H35BN2O2. The van der Waals surface area contributed by atoms with E-state index in [1.807, 2.05) is 0 Å². The van der Waals surface area contributed by atoms with Crippen LogP contribution in [0.1, 0.15) is 27.7 Å². The monoisotopic (exact) mass is 622 g/mol. The molecule has 1 saturated heterocycles. The molecule has 1 aliphatic heterocycles. The molecule has 232 valence electrons. The average Bonchev–Trinajstić information content (AvgIpc) is 3.56. The van der Waals surface area contributed by atoms with Crippen LogP contribution in [-0.4, -0.2) is 27.9 Å². The van der Waals surface area contributed by atoms with Gasteiger partial charge in [0, 0.05) is 38.2 Å². The van der Waals surface area contributed by atoms with Gasteiger partial charge in [0.2, 0.25) is 0 Å². The maximum atomic E-state index is 6.33. The fourth-order valence-corrected chi connectivity index (χ4v) is 7.25. The zero-order valence-electron chi connectivity index (χ0n) is 27.6. The van der Waals surface area contributed by atoms with Crippen molar-refractivity contribution in [3.8, 4) is 28.1 Å². The molecule has 48 heavy (non-hydrogen) atoms. The van der Waals surface area contributed by atoms with Crippen molar-refractivity contribution in [2.75, 3.05) is 0 Å². The van der Waals surface area contributed by atoms with Gasteiger partial charge < -0.3 is 13.9 Å². The molecule has 0 saturated carbocycles. The van der Waals surface area contributed by atoms with E-state index in [2.05, 4.69) is 172 Å². The summed E-state index contributed by atoms with van der Waals surface area (Å²) < 4.78 is 15.0. The van der Waals surface area contributed by atoms with Crippen molar-refractivity contribution in [2.24, 2.45) is 0 Å². The van der Waals surface area contributed by atoms with Crippen molar-refractivity contribution in [3.05, 3.63) is 140 Å². The lowest BCUT2D eigenvalue weighted by Gasteiger charge is -2.32. The maximum Gasteiger partial charge on any atom is 0.494 e. The molecule has 6 aromatic carbocycles. The van der Waals surface area contributed by atoms with E-state index in [0.717, 1.165) is 38.7 Å². The third-order valence-electron chi connectivity index (χ3n) is 10.4. The number of para-hydroxylation sites is 3. The summed E-state index contributed by atoms with van der Waals surface area (Å²) in [5.74, 6) is 0. The highest BCUT2D eigenvalue weighted by Gasteiger charge is 2.51. The Bertz CT molecular complexity index is 2460. The Labute approximate surface area is 280 Å². The second-order valence-electron chi connectivity index (χ2n) is 13.8. The zero-order valence-corrected chi connectivity index (χ0v) is 27.6. The highest BCUT2D eigenvalue weighted by Crippen LogP contribution is 2.40. The van der Waals surface area contributed by atoms with Gasteiger partial charge in [-0.1, -0.05) is 109 Å². The molecule has 9 rings (SSSR count). The summed E-state index contributed by atoms with van der Waals surface area (Å²) in [5.41, 5.74) is 9.12. The van der Waals surface area contributed by atoms with E-state index in [9.17, 15) is 0 Å². The molecule has 1 fully saturated rings. The summed E-state index contributed by atoms with van der Waals surface area (Å²) in [6.07, 6.45) is 0. The molecule has 0 aliphatic carbocycles. The molecule has 0 unspecified atom stereocenters. The Kier molecular flexibility index (Phi) is 6.42. The maximum absolute atomic E-state index is 6.33. The predicted octanol–water partition coefficient (Wildman–Crippen LogP) is 10.1. The van der Waals surface area contributed by atoms with Crippen LogP contribution in [0.4, 0.5) is 0 Å². The van der Waals surface area contributed by atoms with Gasteiger partial charge in [0.25, 0.3) is 0 Å². The Hall–Kier alpha value is -5.23. The fraction of sp³-hybridized carbons (Fsp3) is 0.140. The molecule has 0 atom stereocenters. The van der Waals surface area contributed by atoms with Crippen molar-refractivity contribution in [1.29, 1.82) is 0 Å². The van der Waals surface area contributed by atoms with Crippen LogP contribution in [0.25, 0.3) is 71.6 Å². The molecule has 3 heterocycles. The van der Waals surface area contributed by atoms with Crippen molar-refractivity contribution in [3.63, 3.8) is 0 Å². The number of rotatable bonds is 4. The molecule has 0 N–H and O–H groups in total. The van der Waals surface area contributed by atoms with E-state index in [-0.39, 0.29) is 11.2 Å². The van der Waals surface area contributed by atoms with Crippen LogP contribution < -0.4 is 5.46 Å². The summed E-state index contributed by atoms with van der Waals surface area (Å²) in [4.78, 5) is 5.24. The zero-order chi connectivity index (χ0) is 32.6. The molecule has 5 heteroatoms. The molecule has 1 aliphatic rings. The molecule has 8 aromatic rings. The van der Waals surface area contributed by atoms with E-state index in [1.165, 1.54) is 38.3 Å². The largest absolute Gasteiger partial charge is 0.494 e. The Morgan fingerprint density at radius 2 is 1.12 bits per heavy atom. The summed E-state index contributed by atoms with van der Waals surface area (Å²) >= 11 is 0. The first-order valence-electron chi connectivity index (χ1n) is 16.7. The first kappa shape index (κ1) is 29.0. The number of pyridine rings is 1. The second-order valence-corrected chi connectivity index (χ2v) is 13.8. The van der Waals surface area contributed by atoms with E-state index in [0.29, 0.717) is 0 Å². The number of hydrogen-bond acceptors (Lipinski definition) is 3. The standard InChI is InChI=1S/C43H35BN2O2/c1-42(2)43(3,4)48-44(47-42)30-25-23-28(24-26-30)41-36-19-12-18-32(40(36)35-17-5-8-20-37(35)45-41)29-13-11-14-31(27-29)46-38-21-9-6-15-33(38)34-16-7-10-22-39(34)46/h5-27H,1-4H3. The molecule has 0 amide bonds. The SMILES string of the molecule is CC1(C)OB(c2ccc(-c3nc4ccccc4c4c(-c5cccc(-n6c7ccccc7c7ccccc76)c5)cccc34)cc2)OC1(C)C. The molecule has 0 bridgehead atoms. The van der Waals surface area contributed by atoms with Gasteiger partial charge in [-0.05, 0) is 74.6 Å². The lowest BCUT2D eigenvalue weighted by Crippen LogP contribution is -2.41. The van der Waals surface area contributed by atoms with Crippen molar-refractivity contribution < 1.29 is 9.31 Å². The lowest BCUT2D eigenvalue weighted by atomic mass is 9.78. The minimum absolute atomic E-state index is 0.387. The van der Waals surface area contributed by atoms with Gasteiger partial charge in [0.05, 0.1) is 33.4 Å². The number of benzene rings is 6. The van der Waals surface area contributed by atoms with Crippen LogP contribution >= 0.6 is 0 Å². The van der Waals surface area contributed by atoms with Gasteiger partial charge in [-0.3, -0.25) is 0 Å². The quantitative estimate of drug-likeness (QED) is 0.145. The van der Waals surface area contributed by atoms with E-state index in [4.69, 9.17) is 14.3 Å². The number of nitrogens with zero attached hydrogens (tertiary/aromatic N) is 2. The van der Waals surface area contributed by atoms with Gasteiger partial charge in [-0.2, -0.15) is 0 Å². The Balaban J connectivity index is 1.20. The molecule has 0 spiro atoms. The first-order chi connectivity index (χ1) is 23.3. The van der Waals surface area contributed by atoms with Crippen LogP contribution in [0, 0.1) is 0 Å². The normalized spacial score (nSPS) is 15.6. The number of aromatic nitrogens is 2. The number of hydrogen-bond donors (Lipinski definition) is 0. The topological polar surface area (TPSA) is 36.3 Å². The van der Waals surface area contributed by atoms with Crippen LogP contribution in [0.5, 0.6) is 0 Å². The fourth-order valence-electron chi connectivity index (χ4n) is 7.25. The third-order valence-corrected chi connectivity index (χ3v) is 10.4. The van der Waals surface area contributed by atoms with Crippen LogP contribution in [0.15, 0.2) is 140 Å². The molecule has 0 radical (unpaired) electrons. The van der Waals surface area contributed by atoms with E-state index in [1.54, 1.807) is 0 Å². The van der Waals surface area contributed by atoms with E-state index < -0.39 is 7.12 Å². The summed E-state index contributed by atoms with van der Waals surface area (Å²) in [6, 6.07) is 49.8. The van der Waals surface area contributed by atoms with Gasteiger partial charge in [-0.25, -0.2) is 4.98 Å². The average molecular weight is 623 g/mol. The van der Waals surface area contributed by atoms with Crippen molar-refractivity contribution in [1.82, 2.24) is 9.55 Å². The summed E-state index contributed by atoms with van der Waals surface area (Å²) in [6.45, 7) is 8.34. The Morgan fingerprint density at radius 3 is 1.81 bits per heavy atom. The third kappa shape index (κ3) is 4.42. The summed E-state index contributed by atoms with van der Waals surface area (Å²) in [7, 11) is -0.404. The van der Waals surface area contributed by atoms with Gasteiger partial charge >= 0.3 is 7.12 Å². The van der Waals surface area contributed by atoms with Gasteiger partial charge in [0.15, 0.2) is 0 Å². The predicted molar refractivity (Wildman–Crippen MR) is 200 cm³/mol. The minimum atomic E-state index is -0.404. The lowest BCUT2D eigenvalue weighted by molar-refractivity contribution is 0.00578. The molecular weight excluding hydrogens is 587 g/mol. The van der Waals surface area contributed by atoms with Gasteiger partial charge in [-0.15, -0.1) is 0 Å². The first-order valence-corrected chi connectivity index (χ1v) is 16.7. The second kappa shape index (κ2) is 10.6. The van der Waals surface area contributed by atoms with Gasteiger partial charge in [0.1, 0.15) is 0 Å². The summed E-state index contributed by atoms with van der Waals surface area (Å²) in [5, 5.41) is 5.98.